The van der Waals surface area contributed by atoms with Gasteiger partial charge in [-0.25, -0.2) is 4.99 Å². The number of guanidine groups is 1. The van der Waals surface area contributed by atoms with Crippen LogP contribution in [0.2, 0.25) is 0 Å². The molecule has 4 nitrogen and oxygen atoms in total. The minimum absolute atomic E-state index is 0.0521. The first-order chi connectivity index (χ1) is 9.17. The molecule has 1 amide bonds. The molecule has 1 aliphatic heterocycles. The highest BCUT2D eigenvalue weighted by atomic mass is 16.2. The van der Waals surface area contributed by atoms with Crippen molar-refractivity contribution in [3.05, 3.63) is 34.9 Å². The zero-order valence-corrected chi connectivity index (χ0v) is 11.0. The first-order valence-electron chi connectivity index (χ1n) is 6.95. The largest absolute Gasteiger partial charge is 0.338 e. The van der Waals surface area contributed by atoms with Crippen molar-refractivity contribution in [2.24, 2.45) is 4.99 Å². The lowest BCUT2D eigenvalue weighted by Gasteiger charge is -2.22. The summed E-state index contributed by atoms with van der Waals surface area (Å²) >= 11 is 0. The molecule has 0 bridgehead atoms. The van der Waals surface area contributed by atoms with Crippen molar-refractivity contribution in [2.45, 2.75) is 44.2 Å². The number of nitrogens with zero attached hydrogens (tertiary/aromatic N) is 1. The Morgan fingerprint density at radius 3 is 3.00 bits per heavy atom. The van der Waals surface area contributed by atoms with Crippen LogP contribution < -0.4 is 10.6 Å². The number of carbonyl (C=O) groups is 1. The summed E-state index contributed by atoms with van der Waals surface area (Å²) in [4.78, 5) is 17.0. The molecule has 19 heavy (non-hydrogen) atoms. The lowest BCUT2D eigenvalue weighted by atomic mass is 9.91. The van der Waals surface area contributed by atoms with Crippen LogP contribution in [-0.4, -0.2) is 17.9 Å². The molecule has 2 N–H and O–H groups in total. The van der Waals surface area contributed by atoms with E-state index < -0.39 is 5.54 Å². The van der Waals surface area contributed by atoms with Crippen LogP contribution in [0, 0.1) is 6.92 Å². The summed E-state index contributed by atoms with van der Waals surface area (Å²) < 4.78 is 0. The number of benzene rings is 1. The van der Waals surface area contributed by atoms with Gasteiger partial charge in [0.2, 0.25) is 0 Å². The number of hydrogen-bond acceptors (Lipinski definition) is 2. The van der Waals surface area contributed by atoms with E-state index in [2.05, 4.69) is 40.7 Å². The fourth-order valence-corrected chi connectivity index (χ4v) is 3.08. The number of aryl methyl sites for hydroxylation is 2. The van der Waals surface area contributed by atoms with Crippen LogP contribution in [0.15, 0.2) is 23.2 Å². The highest BCUT2D eigenvalue weighted by Crippen LogP contribution is 2.39. The van der Waals surface area contributed by atoms with Gasteiger partial charge in [0.25, 0.3) is 5.91 Å². The molecule has 0 aromatic heterocycles. The number of fused-ring (bicyclic) bond motifs is 2. The molecule has 1 saturated carbocycles. The molecule has 1 aromatic carbocycles. The maximum absolute atomic E-state index is 12.4. The summed E-state index contributed by atoms with van der Waals surface area (Å²) in [6, 6.07) is 6.81. The summed E-state index contributed by atoms with van der Waals surface area (Å²) in [7, 11) is 0. The Balaban J connectivity index is 1.76. The van der Waals surface area contributed by atoms with Gasteiger partial charge in [0.05, 0.1) is 6.04 Å². The molecule has 1 saturated heterocycles. The zero-order chi connectivity index (χ0) is 13.0. The summed E-state index contributed by atoms with van der Waals surface area (Å²) in [5.41, 5.74) is 3.03. The van der Waals surface area contributed by atoms with Crippen molar-refractivity contribution < 1.29 is 4.79 Å². The Morgan fingerprint density at radius 1 is 1.37 bits per heavy atom. The van der Waals surface area contributed by atoms with Gasteiger partial charge in [0.1, 0.15) is 5.54 Å². The van der Waals surface area contributed by atoms with E-state index in [1.165, 1.54) is 11.1 Å². The van der Waals surface area contributed by atoms with Gasteiger partial charge in [-0.3, -0.25) is 10.1 Å². The first kappa shape index (κ1) is 11.0. The first-order valence-corrected chi connectivity index (χ1v) is 6.95. The molecule has 4 rings (SSSR count). The Kier molecular flexibility index (Phi) is 2.08. The van der Waals surface area contributed by atoms with E-state index in [-0.39, 0.29) is 5.91 Å². The molecular weight excluding hydrogens is 238 g/mol. The summed E-state index contributed by atoms with van der Waals surface area (Å²) in [5, 5.41) is 6.28. The predicted molar refractivity (Wildman–Crippen MR) is 72.9 cm³/mol. The predicted octanol–water partition coefficient (Wildman–Crippen LogP) is 1.37. The third-order valence-corrected chi connectivity index (χ3v) is 4.30. The van der Waals surface area contributed by atoms with Gasteiger partial charge in [-0.1, -0.05) is 23.8 Å². The van der Waals surface area contributed by atoms with Gasteiger partial charge < -0.3 is 5.32 Å². The molecule has 1 atom stereocenters. The fourth-order valence-electron chi connectivity index (χ4n) is 3.08. The monoisotopic (exact) mass is 255 g/mol. The molecule has 1 spiro atoms. The van der Waals surface area contributed by atoms with E-state index in [1.807, 2.05) is 0 Å². The van der Waals surface area contributed by atoms with Crippen molar-refractivity contribution >= 4 is 11.9 Å². The van der Waals surface area contributed by atoms with Crippen molar-refractivity contribution in [1.29, 1.82) is 0 Å². The normalized spacial score (nSPS) is 30.6. The van der Waals surface area contributed by atoms with Crippen molar-refractivity contribution in [1.82, 2.24) is 10.6 Å². The van der Waals surface area contributed by atoms with Crippen LogP contribution in [0.1, 0.15) is 36.0 Å². The number of rotatable bonds is 1. The second-order valence-corrected chi connectivity index (χ2v) is 5.85. The molecule has 1 heterocycles. The number of aliphatic imine (C=N–C) groups is 1. The van der Waals surface area contributed by atoms with Gasteiger partial charge in [-0.15, -0.1) is 0 Å². The van der Waals surface area contributed by atoms with Gasteiger partial charge in [-0.2, -0.15) is 0 Å². The fraction of sp³-hybridized carbons (Fsp3) is 0.467. The lowest BCUT2D eigenvalue weighted by molar-refractivity contribution is -0.124. The second kappa shape index (κ2) is 3.59. The van der Waals surface area contributed by atoms with E-state index in [1.54, 1.807) is 0 Å². The highest BCUT2D eigenvalue weighted by molar-refractivity contribution is 6.10. The maximum Gasteiger partial charge on any atom is 0.257 e. The maximum atomic E-state index is 12.4. The quantitative estimate of drug-likeness (QED) is 0.796. The van der Waals surface area contributed by atoms with Crippen LogP contribution >= 0.6 is 0 Å². The van der Waals surface area contributed by atoms with Gasteiger partial charge in [0.15, 0.2) is 5.96 Å². The van der Waals surface area contributed by atoms with Crippen LogP contribution in [0.25, 0.3) is 0 Å². The molecular formula is C15H17N3O. The molecule has 4 heteroatoms. The van der Waals surface area contributed by atoms with Gasteiger partial charge in [0, 0.05) is 0 Å². The summed E-state index contributed by atoms with van der Waals surface area (Å²) in [6.07, 6.45) is 4.06. The van der Waals surface area contributed by atoms with E-state index in [0.29, 0.717) is 12.0 Å². The standard InChI is InChI=1S/C15H17N3O/c1-9-2-3-10-6-7-15(12(10)8-9)13(19)17-14(18-15)16-11-4-5-11/h2-3,8,11H,4-7H2,1H3,(H2,16,17,18,19). The van der Waals surface area contributed by atoms with Crippen molar-refractivity contribution in [3.8, 4) is 0 Å². The van der Waals surface area contributed by atoms with Crippen molar-refractivity contribution in [2.75, 3.05) is 0 Å². The van der Waals surface area contributed by atoms with Crippen LogP contribution in [0.3, 0.4) is 0 Å². The smallest absolute Gasteiger partial charge is 0.257 e. The lowest BCUT2D eigenvalue weighted by Crippen LogP contribution is -2.41. The highest BCUT2D eigenvalue weighted by Gasteiger charge is 2.50. The van der Waals surface area contributed by atoms with Crippen LogP contribution in [0.4, 0.5) is 0 Å². The molecule has 1 unspecified atom stereocenters. The Labute approximate surface area is 112 Å². The minimum atomic E-state index is -0.574. The summed E-state index contributed by atoms with van der Waals surface area (Å²) in [5.74, 6) is 0.720. The topological polar surface area (TPSA) is 53.5 Å². The molecule has 3 aliphatic rings. The molecule has 2 fully saturated rings. The summed E-state index contributed by atoms with van der Waals surface area (Å²) in [6.45, 7) is 2.07. The van der Waals surface area contributed by atoms with E-state index in [0.717, 1.165) is 31.2 Å². The average Bonchev–Trinajstić information content (AvgIpc) is 3.04. The molecule has 0 radical (unpaired) electrons. The van der Waals surface area contributed by atoms with Gasteiger partial charge >= 0.3 is 0 Å². The number of carbonyl (C=O) groups excluding carboxylic acids is 1. The van der Waals surface area contributed by atoms with Crippen molar-refractivity contribution in [3.63, 3.8) is 0 Å². The average molecular weight is 255 g/mol. The van der Waals surface area contributed by atoms with E-state index >= 15 is 0 Å². The van der Waals surface area contributed by atoms with E-state index in [9.17, 15) is 4.79 Å². The van der Waals surface area contributed by atoms with Crippen LogP contribution in [-0.2, 0) is 16.8 Å². The third kappa shape index (κ3) is 1.59. The number of nitrogens with one attached hydrogen (secondary N) is 2. The number of amides is 1. The Morgan fingerprint density at radius 2 is 2.21 bits per heavy atom. The second-order valence-electron chi connectivity index (χ2n) is 5.85. The van der Waals surface area contributed by atoms with E-state index in [4.69, 9.17) is 0 Å². The minimum Gasteiger partial charge on any atom is -0.338 e. The molecule has 2 aliphatic carbocycles. The SMILES string of the molecule is Cc1ccc2c(c1)C1(CC2)NC(=NC2CC2)NC1=O. The molecule has 1 aromatic rings. The Hall–Kier alpha value is -1.84. The molecule has 98 valence electrons. The van der Waals surface area contributed by atoms with Gasteiger partial charge in [-0.05, 0) is 43.7 Å². The Bertz CT molecular complexity index is 603. The zero-order valence-electron chi connectivity index (χ0n) is 11.0. The number of hydrogen-bond donors (Lipinski definition) is 2. The third-order valence-electron chi connectivity index (χ3n) is 4.30. The van der Waals surface area contributed by atoms with Crippen LogP contribution in [0.5, 0.6) is 0 Å².